The highest BCUT2D eigenvalue weighted by molar-refractivity contribution is 6.27. The molecule has 0 radical (unpaired) electrons. The lowest BCUT2D eigenvalue weighted by molar-refractivity contribution is -0.159. The van der Waals surface area contributed by atoms with Gasteiger partial charge in [0.15, 0.2) is 0 Å². The van der Waals surface area contributed by atoms with Crippen molar-refractivity contribution in [3.63, 3.8) is 0 Å². The third kappa shape index (κ3) is 6.07. The number of fused-ring (bicyclic) bond motifs is 1. The van der Waals surface area contributed by atoms with Gasteiger partial charge in [-0.1, -0.05) is 42.5 Å². The van der Waals surface area contributed by atoms with Crippen LogP contribution in [0.3, 0.4) is 0 Å². The first-order valence-corrected chi connectivity index (χ1v) is 10.7. The van der Waals surface area contributed by atoms with Crippen molar-refractivity contribution in [3.8, 4) is 5.75 Å². The maximum atomic E-state index is 12.9. The summed E-state index contributed by atoms with van der Waals surface area (Å²) in [5.74, 6) is -2.83. The molecular formula is C24H28N2O6. The number of hydrogen-bond donors (Lipinski definition) is 3. The predicted molar refractivity (Wildman–Crippen MR) is 117 cm³/mol. The van der Waals surface area contributed by atoms with Crippen molar-refractivity contribution in [2.24, 2.45) is 5.92 Å². The third-order valence-corrected chi connectivity index (χ3v) is 5.95. The van der Waals surface area contributed by atoms with Crippen molar-refractivity contribution in [1.82, 2.24) is 9.80 Å². The van der Waals surface area contributed by atoms with Crippen LogP contribution >= 0.6 is 0 Å². The number of benzene rings is 2. The first-order valence-electron chi connectivity index (χ1n) is 10.7. The smallest absolute Gasteiger partial charge is 0.414 e. The zero-order valence-electron chi connectivity index (χ0n) is 17.8. The molecule has 3 N–H and O–H groups in total. The van der Waals surface area contributed by atoms with E-state index in [4.69, 9.17) is 19.8 Å². The minimum atomic E-state index is -1.82. The second-order valence-electron chi connectivity index (χ2n) is 8.07. The molecule has 0 bridgehead atoms. The Labute approximate surface area is 186 Å². The molecule has 32 heavy (non-hydrogen) atoms. The highest BCUT2D eigenvalue weighted by Crippen LogP contribution is 2.26. The normalized spacial score (nSPS) is 16.4. The van der Waals surface area contributed by atoms with Crippen LogP contribution in [0.5, 0.6) is 5.75 Å². The molecule has 2 aromatic carbocycles. The van der Waals surface area contributed by atoms with E-state index in [1.54, 1.807) is 6.07 Å². The second-order valence-corrected chi connectivity index (χ2v) is 8.07. The summed E-state index contributed by atoms with van der Waals surface area (Å²) in [6.07, 6.45) is 2.78. The van der Waals surface area contributed by atoms with Crippen molar-refractivity contribution >= 4 is 17.8 Å². The number of phenols is 1. The lowest BCUT2D eigenvalue weighted by Gasteiger charge is -2.36. The van der Waals surface area contributed by atoms with E-state index in [1.807, 2.05) is 23.1 Å². The van der Waals surface area contributed by atoms with Gasteiger partial charge in [-0.3, -0.25) is 9.69 Å². The van der Waals surface area contributed by atoms with Gasteiger partial charge in [0.2, 0.25) is 5.91 Å². The molecule has 8 nitrogen and oxygen atoms in total. The maximum Gasteiger partial charge on any atom is 0.414 e. The van der Waals surface area contributed by atoms with Gasteiger partial charge in [-0.05, 0) is 49.5 Å². The van der Waals surface area contributed by atoms with Crippen molar-refractivity contribution < 1.29 is 29.7 Å². The molecule has 2 aliphatic rings. The van der Waals surface area contributed by atoms with Gasteiger partial charge in [-0.25, -0.2) is 9.59 Å². The number of piperidine rings is 1. The predicted octanol–water partition coefficient (Wildman–Crippen LogP) is 2.34. The summed E-state index contributed by atoms with van der Waals surface area (Å²) in [7, 11) is 0. The summed E-state index contributed by atoms with van der Waals surface area (Å²) < 4.78 is 0. The minimum absolute atomic E-state index is 0.140. The molecule has 170 valence electrons. The van der Waals surface area contributed by atoms with Crippen molar-refractivity contribution in [2.45, 2.75) is 32.4 Å². The van der Waals surface area contributed by atoms with Crippen LogP contribution in [-0.2, 0) is 33.9 Å². The molecule has 4 rings (SSSR count). The van der Waals surface area contributed by atoms with Crippen LogP contribution in [-0.4, -0.2) is 62.6 Å². The number of hydrogen-bond acceptors (Lipinski definition) is 5. The molecule has 0 saturated carbocycles. The first kappa shape index (κ1) is 23.3. The number of rotatable bonds is 3. The highest BCUT2D eigenvalue weighted by Gasteiger charge is 2.30. The summed E-state index contributed by atoms with van der Waals surface area (Å²) in [6.45, 7) is 4.18. The standard InChI is InChI=1S/C22H26N2O2.C2H2O4/c25-21-8-4-3-7-20(21)15-23-12-9-18(10-13-23)22(26)24-14-11-17-5-1-2-6-19(17)16-24;3-1(4)2(5)6/h1-8,18,25H,9-16H2;(H,3,4)(H,5,6). The van der Waals surface area contributed by atoms with Crippen LogP contribution in [0.2, 0.25) is 0 Å². The molecule has 8 heteroatoms. The van der Waals surface area contributed by atoms with E-state index in [0.717, 1.165) is 57.5 Å². The topological polar surface area (TPSA) is 118 Å². The number of phenolic OH excluding ortho intramolecular Hbond substituents is 1. The van der Waals surface area contributed by atoms with Gasteiger partial charge in [0, 0.05) is 31.1 Å². The molecule has 0 atom stereocenters. The lowest BCUT2D eigenvalue weighted by Crippen LogP contribution is -2.44. The van der Waals surface area contributed by atoms with E-state index >= 15 is 0 Å². The maximum absolute atomic E-state index is 12.9. The Kier molecular flexibility index (Phi) is 7.83. The summed E-state index contributed by atoms with van der Waals surface area (Å²) in [6, 6.07) is 16.0. The second kappa shape index (κ2) is 10.8. The molecule has 2 aromatic rings. The monoisotopic (exact) mass is 440 g/mol. The van der Waals surface area contributed by atoms with Crippen molar-refractivity contribution in [3.05, 3.63) is 65.2 Å². The van der Waals surface area contributed by atoms with E-state index in [0.29, 0.717) is 11.7 Å². The Morgan fingerprint density at radius 3 is 2.06 bits per heavy atom. The molecule has 1 amide bonds. The zero-order chi connectivity index (χ0) is 23.1. The number of aromatic hydroxyl groups is 1. The van der Waals surface area contributed by atoms with E-state index in [2.05, 4.69) is 29.2 Å². The van der Waals surface area contributed by atoms with Gasteiger partial charge in [-0.2, -0.15) is 0 Å². The number of amides is 1. The average Bonchev–Trinajstić information content (AvgIpc) is 2.80. The van der Waals surface area contributed by atoms with Crippen LogP contribution in [0.15, 0.2) is 48.5 Å². The molecule has 1 saturated heterocycles. The van der Waals surface area contributed by atoms with Crippen LogP contribution in [0.1, 0.15) is 29.5 Å². The zero-order valence-corrected chi connectivity index (χ0v) is 17.8. The minimum Gasteiger partial charge on any atom is -0.508 e. The van der Waals surface area contributed by atoms with E-state index in [9.17, 15) is 9.90 Å². The Hall–Kier alpha value is -3.39. The van der Waals surface area contributed by atoms with Crippen LogP contribution in [0, 0.1) is 5.92 Å². The molecule has 0 unspecified atom stereocenters. The number of nitrogens with zero attached hydrogens (tertiary/aromatic N) is 2. The average molecular weight is 440 g/mol. The number of likely N-dealkylation sites (tertiary alicyclic amines) is 1. The molecule has 2 heterocycles. The number of carbonyl (C=O) groups excluding carboxylic acids is 1. The van der Waals surface area contributed by atoms with Gasteiger partial charge >= 0.3 is 11.9 Å². The van der Waals surface area contributed by atoms with Crippen molar-refractivity contribution in [2.75, 3.05) is 19.6 Å². The fourth-order valence-electron chi connectivity index (χ4n) is 4.17. The van der Waals surface area contributed by atoms with Crippen LogP contribution in [0.4, 0.5) is 0 Å². The Balaban J connectivity index is 0.000000427. The van der Waals surface area contributed by atoms with E-state index in [1.165, 1.54) is 11.1 Å². The molecule has 0 spiro atoms. The summed E-state index contributed by atoms with van der Waals surface area (Å²) >= 11 is 0. The molecule has 1 fully saturated rings. The molecule has 2 aliphatic heterocycles. The molecular weight excluding hydrogens is 412 g/mol. The van der Waals surface area contributed by atoms with Gasteiger partial charge in [0.25, 0.3) is 0 Å². The summed E-state index contributed by atoms with van der Waals surface area (Å²) in [5, 5.41) is 24.7. The number of carboxylic acids is 2. The third-order valence-electron chi connectivity index (χ3n) is 5.95. The fourth-order valence-corrected chi connectivity index (χ4v) is 4.17. The van der Waals surface area contributed by atoms with Crippen LogP contribution < -0.4 is 0 Å². The van der Waals surface area contributed by atoms with Gasteiger partial charge in [-0.15, -0.1) is 0 Å². The molecule has 0 aliphatic carbocycles. The quantitative estimate of drug-likeness (QED) is 0.627. The Bertz CT molecular complexity index is 956. The van der Waals surface area contributed by atoms with Gasteiger partial charge in [0.05, 0.1) is 0 Å². The van der Waals surface area contributed by atoms with E-state index in [-0.39, 0.29) is 5.92 Å². The number of para-hydroxylation sites is 1. The Morgan fingerprint density at radius 2 is 1.44 bits per heavy atom. The van der Waals surface area contributed by atoms with Crippen molar-refractivity contribution in [1.29, 1.82) is 0 Å². The summed E-state index contributed by atoms with van der Waals surface area (Å²) in [5.41, 5.74) is 3.64. The van der Waals surface area contributed by atoms with Gasteiger partial charge in [0.1, 0.15) is 5.75 Å². The van der Waals surface area contributed by atoms with E-state index < -0.39 is 11.9 Å². The highest BCUT2D eigenvalue weighted by atomic mass is 16.4. The number of carboxylic acid groups (broad SMARTS) is 2. The van der Waals surface area contributed by atoms with Crippen LogP contribution in [0.25, 0.3) is 0 Å². The van der Waals surface area contributed by atoms with Gasteiger partial charge < -0.3 is 20.2 Å². The number of aliphatic carboxylic acids is 2. The first-order chi connectivity index (χ1) is 15.3. The Morgan fingerprint density at radius 1 is 0.844 bits per heavy atom. The number of carbonyl (C=O) groups is 3. The molecule has 0 aromatic heterocycles. The largest absolute Gasteiger partial charge is 0.508 e. The lowest BCUT2D eigenvalue weighted by atomic mass is 9.93. The summed E-state index contributed by atoms with van der Waals surface area (Å²) in [4.78, 5) is 35.5. The fraction of sp³-hybridized carbons (Fsp3) is 0.375. The SMILES string of the molecule is O=C(C1CCN(Cc2ccccc2O)CC1)N1CCc2ccccc2C1.O=C(O)C(=O)O.